The first-order valence-electron chi connectivity index (χ1n) is 7.24. The standard InChI is InChI=1S/C14H22BrNO2/c15-4-7-18-6-1-5-16-14(17)13-11-9-2-3-10(8-9)12(11)13/h9-13H,1-8H2,(H,16,17). The number of alkyl halides is 1. The molecule has 3 aliphatic carbocycles. The van der Waals surface area contributed by atoms with E-state index in [4.69, 9.17) is 4.74 Å². The molecule has 3 aliphatic rings. The Morgan fingerprint density at radius 3 is 2.61 bits per heavy atom. The fourth-order valence-electron chi connectivity index (χ4n) is 4.34. The van der Waals surface area contributed by atoms with E-state index in [2.05, 4.69) is 21.2 Å². The third kappa shape index (κ3) is 2.34. The zero-order valence-corrected chi connectivity index (χ0v) is 12.3. The molecule has 3 fully saturated rings. The summed E-state index contributed by atoms with van der Waals surface area (Å²) >= 11 is 3.32. The molecule has 102 valence electrons. The number of carbonyl (C=O) groups is 1. The molecule has 18 heavy (non-hydrogen) atoms. The van der Waals surface area contributed by atoms with Crippen LogP contribution in [0, 0.1) is 29.6 Å². The van der Waals surface area contributed by atoms with Crippen LogP contribution in [0.1, 0.15) is 25.7 Å². The number of carbonyl (C=O) groups excluding carboxylic acids is 1. The highest BCUT2D eigenvalue weighted by Crippen LogP contribution is 2.69. The van der Waals surface area contributed by atoms with Crippen LogP contribution in [0.25, 0.3) is 0 Å². The van der Waals surface area contributed by atoms with Crippen LogP contribution >= 0.6 is 15.9 Å². The molecule has 0 aromatic heterocycles. The molecule has 0 heterocycles. The molecule has 4 heteroatoms. The SMILES string of the molecule is O=C(NCCCOCCBr)C1C2C3CCC(C3)C12. The molecule has 0 spiro atoms. The van der Waals surface area contributed by atoms with E-state index < -0.39 is 0 Å². The molecule has 1 amide bonds. The molecular weight excluding hydrogens is 294 g/mol. The van der Waals surface area contributed by atoms with Crippen molar-refractivity contribution in [3.8, 4) is 0 Å². The molecule has 2 bridgehead atoms. The molecule has 1 N–H and O–H groups in total. The van der Waals surface area contributed by atoms with Crippen molar-refractivity contribution in [2.75, 3.05) is 25.1 Å². The molecule has 0 aromatic carbocycles. The van der Waals surface area contributed by atoms with Crippen molar-refractivity contribution >= 4 is 21.8 Å². The maximum absolute atomic E-state index is 12.1. The molecular formula is C14H22BrNO2. The van der Waals surface area contributed by atoms with Gasteiger partial charge in [-0.3, -0.25) is 4.79 Å². The topological polar surface area (TPSA) is 38.3 Å². The minimum absolute atomic E-state index is 0.321. The van der Waals surface area contributed by atoms with Crippen LogP contribution < -0.4 is 5.32 Å². The van der Waals surface area contributed by atoms with Gasteiger partial charge in [-0.15, -0.1) is 0 Å². The minimum atomic E-state index is 0.321. The number of hydrogen-bond donors (Lipinski definition) is 1. The summed E-state index contributed by atoms with van der Waals surface area (Å²) < 4.78 is 5.36. The molecule has 4 unspecified atom stereocenters. The maximum atomic E-state index is 12.1. The van der Waals surface area contributed by atoms with Crippen molar-refractivity contribution in [1.29, 1.82) is 0 Å². The zero-order valence-electron chi connectivity index (χ0n) is 10.7. The fraction of sp³-hybridized carbons (Fsp3) is 0.929. The van der Waals surface area contributed by atoms with Crippen LogP contribution in [-0.2, 0) is 9.53 Å². The lowest BCUT2D eigenvalue weighted by atomic mass is 10.0. The Hall–Kier alpha value is -0.0900. The van der Waals surface area contributed by atoms with Crippen LogP contribution in [0.2, 0.25) is 0 Å². The zero-order chi connectivity index (χ0) is 12.5. The highest BCUT2D eigenvalue weighted by Gasteiger charge is 2.67. The quantitative estimate of drug-likeness (QED) is 0.578. The highest BCUT2D eigenvalue weighted by atomic mass is 79.9. The second-order valence-electron chi connectivity index (χ2n) is 5.96. The van der Waals surface area contributed by atoms with Gasteiger partial charge in [-0.25, -0.2) is 0 Å². The molecule has 0 saturated heterocycles. The van der Waals surface area contributed by atoms with Crippen LogP contribution in [0.3, 0.4) is 0 Å². The van der Waals surface area contributed by atoms with Crippen molar-refractivity contribution in [2.24, 2.45) is 29.6 Å². The van der Waals surface area contributed by atoms with Crippen LogP contribution in [0.15, 0.2) is 0 Å². The molecule has 3 nitrogen and oxygen atoms in total. The van der Waals surface area contributed by atoms with Crippen molar-refractivity contribution < 1.29 is 9.53 Å². The number of amides is 1. The smallest absolute Gasteiger partial charge is 0.223 e. The number of rotatable bonds is 7. The first-order chi connectivity index (χ1) is 8.83. The van der Waals surface area contributed by atoms with Crippen molar-refractivity contribution in [2.45, 2.75) is 25.7 Å². The number of ether oxygens (including phenoxy) is 1. The number of fused-ring (bicyclic) bond motifs is 5. The van der Waals surface area contributed by atoms with Gasteiger partial charge in [0, 0.05) is 24.4 Å². The second-order valence-corrected chi connectivity index (χ2v) is 6.75. The van der Waals surface area contributed by atoms with Gasteiger partial charge in [0.1, 0.15) is 0 Å². The number of hydrogen-bond acceptors (Lipinski definition) is 2. The van der Waals surface area contributed by atoms with Gasteiger partial charge in [0.15, 0.2) is 0 Å². The number of nitrogens with one attached hydrogen (secondary N) is 1. The molecule has 3 rings (SSSR count). The monoisotopic (exact) mass is 315 g/mol. The maximum Gasteiger partial charge on any atom is 0.223 e. The summed E-state index contributed by atoms with van der Waals surface area (Å²) in [5.41, 5.74) is 0. The Morgan fingerprint density at radius 2 is 1.94 bits per heavy atom. The summed E-state index contributed by atoms with van der Waals surface area (Å²) in [6.45, 7) is 2.27. The summed E-state index contributed by atoms with van der Waals surface area (Å²) in [5.74, 6) is 3.99. The lowest BCUT2D eigenvalue weighted by Gasteiger charge is -2.09. The Balaban J connectivity index is 1.32. The van der Waals surface area contributed by atoms with Gasteiger partial charge >= 0.3 is 0 Å². The van der Waals surface area contributed by atoms with Gasteiger partial charge < -0.3 is 10.1 Å². The largest absolute Gasteiger partial charge is 0.381 e. The summed E-state index contributed by atoms with van der Waals surface area (Å²) in [6.07, 6.45) is 5.11. The summed E-state index contributed by atoms with van der Waals surface area (Å²) in [6, 6.07) is 0. The van der Waals surface area contributed by atoms with Crippen LogP contribution in [-0.4, -0.2) is 31.0 Å². The highest BCUT2D eigenvalue weighted by molar-refractivity contribution is 9.09. The average Bonchev–Trinajstić information content (AvgIpc) is 2.82. The van der Waals surface area contributed by atoms with E-state index in [1.807, 2.05) is 0 Å². The molecule has 0 radical (unpaired) electrons. The summed E-state index contributed by atoms with van der Waals surface area (Å²) in [7, 11) is 0. The first kappa shape index (κ1) is 12.9. The van der Waals surface area contributed by atoms with Crippen molar-refractivity contribution in [1.82, 2.24) is 5.32 Å². The van der Waals surface area contributed by atoms with Crippen molar-refractivity contribution in [3.05, 3.63) is 0 Å². The van der Waals surface area contributed by atoms with Gasteiger partial charge in [0.25, 0.3) is 0 Å². The first-order valence-corrected chi connectivity index (χ1v) is 8.36. The minimum Gasteiger partial charge on any atom is -0.381 e. The van der Waals surface area contributed by atoms with Gasteiger partial charge in [0.05, 0.1) is 6.61 Å². The van der Waals surface area contributed by atoms with Crippen LogP contribution in [0.4, 0.5) is 0 Å². The summed E-state index contributed by atoms with van der Waals surface area (Å²) in [4.78, 5) is 12.1. The molecule has 4 atom stereocenters. The molecule has 0 aromatic rings. The van der Waals surface area contributed by atoms with Crippen molar-refractivity contribution in [3.63, 3.8) is 0 Å². The van der Waals surface area contributed by atoms with Gasteiger partial charge in [0.2, 0.25) is 5.91 Å². The Kier molecular flexibility index (Phi) is 3.94. The van der Waals surface area contributed by atoms with Gasteiger partial charge in [-0.05, 0) is 49.4 Å². The van der Waals surface area contributed by atoms with E-state index >= 15 is 0 Å². The Morgan fingerprint density at radius 1 is 1.22 bits per heavy atom. The van der Waals surface area contributed by atoms with E-state index in [0.717, 1.165) is 55.2 Å². The van der Waals surface area contributed by atoms with Gasteiger partial charge in [-0.2, -0.15) is 0 Å². The third-order valence-corrected chi connectivity index (χ3v) is 5.35. The average molecular weight is 316 g/mol. The second kappa shape index (κ2) is 5.49. The Labute approximate surface area is 117 Å². The van der Waals surface area contributed by atoms with Gasteiger partial charge in [-0.1, -0.05) is 15.9 Å². The lowest BCUT2D eigenvalue weighted by molar-refractivity contribution is -0.123. The van der Waals surface area contributed by atoms with E-state index in [0.29, 0.717) is 11.8 Å². The van der Waals surface area contributed by atoms with E-state index in [-0.39, 0.29) is 0 Å². The fourth-order valence-corrected chi connectivity index (χ4v) is 4.56. The third-order valence-electron chi connectivity index (χ3n) is 5.02. The van der Waals surface area contributed by atoms with Crippen LogP contribution in [0.5, 0.6) is 0 Å². The number of halogens is 1. The summed E-state index contributed by atoms with van der Waals surface area (Å²) in [5, 5.41) is 3.97. The van der Waals surface area contributed by atoms with E-state index in [1.165, 1.54) is 19.3 Å². The Bertz CT molecular complexity index is 307. The molecule has 3 saturated carbocycles. The molecule has 0 aliphatic heterocycles. The predicted molar refractivity (Wildman–Crippen MR) is 73.5 cm³/mol. The predicted octanol–water partition coefficient (Wildman–Crippen LogP) is 2.20. The van der Waals surface area contributed by atoms with E-state index in [1.54, 1.807) is 0 Å². The van der Waals surface area contributed by atoms with E-state index in [9.17, 15) is 4.79 Å². The normalized spacial score (nSPS) is 39.7. The lowest BCUT2D eigenvalue weighted by Crippen LogP contribution is -2.29.